The molecular formula is C22H43NO5. The van der Waals surface area contributed by atoms with Crippen LogP contribution in [0.15, 0.2) is 0 Å². The van der Waals surface area contributed by atoms with Crippen LogP contribution in [0.2, 0.25) is 0 Å². The predicted molar refractivity (Wildman–Crippen MR) is 112 cm³/mol. The smallest absolute Gasteiger partial charge is 0.407 e. The molecule has 6 heteroatoms. The van der Waals surface area contributed by atoms with Gasteiger partial charge in [0.2, 0.25) is 0 Å². The van der Waals surface area contributed by atoms with E-state index in [4.69, 9.17) is 14.6 Å². The normalized spacial score (nSPS) is 12.5. The quantitative estimate of drug-likeness (QED) is 0.277. The van der Waals surface area contributed by atoms with Gasteiger partial charge in [0.1, 0.15) is 5.60 Å². The Labute approximate surface area is 171 Å². The lowest BCUT2D eigenvalue weighted by Gasteiger charge is -2.23. The minimum atomic E-state index is -0.574. The van der Waals surface area contributed by atoms with Crippen LogP contribution in [0, 0.1) is 0 Å². The third kappa shape index (κ3) is 18.1. The van der Waals surface area contributed by atoms with Crippen molar-refractivity contribution in [3.05, 3.63) is 0 Å². The Hall–Kier alpha value is -1.30. The topological polar surface area (TPSA) is 84.9 Å². The highest BCUT2D eigenvalue weighted by Gasteiger charge is 2.19. The second-order valence-electron chi connectivity index (χ2n) is 8.44. The lowest BCUT2D eigenvalue weighted by molar-refractivity contribution is -0.144. The van der Waals surface area contributed by atoms with Crippen molar-refractivity contribution in [2.75, 3.05) is 13.2 Å². The van der Waals surface area contributed by atoms with Crippen molar-refractivity contribution < 1.29 is 24.2 Å². The second kappa shape index (κ2) is 16.6. The van der Waals surface area contributed by atoms with Crippen LogP contribution < -0.4 is 5.32 Å². The van der Waals surface area contributed by atoms with E-state index in [0.717, 1.165) is 12.8 Å². The highest BCUT2D eigenvalue weighted by atomic mass is 16.6. The van der Waals surface area contributed by atoms with Crippen molar-refractivity contribution in [3.8, 4) is 0 Å². The number of unbranched alkanes of at least 4 members (excludes halogenated alkanes) is 8. The van der Waals surface area contributed by atoms with Gasteiger partial charge in [-0.2, -0.15) is 0 Å². The minimum Gasteiger partial charge on any atom is -0.466 e. The Morgan fingerprint density at radius 1 is 0.929 bits per heavy atom. The van der Waals surface area contributed by atoms with Crippen molar-refractivity contribution in [2.24, 2.45) is 0 Å². The molecule has 0 aliphatic heterocycles. The monoisotopic (exact) mass is 401 g/mol. The maximum absolute atomic E-state index is 11.8. The molecule has 1 unspecified atom stereocenters. The molecule has 0 saturated carbocycles. The van der Waals surface area contributed by atoms with Gasteiger partial charge < -0.3 is 19.9 Å². The van der Waals surface area contributed by atoms with Crippen LogP contribution in [0.4, 0.5) is 4.79 Å². The molecule has 0 aromatic heterocycles. The summed E-state index contributed by atoms with van der Waals surface area (Å²) < 4.78 is 10.5. The zero-order chi connectivity index (χ0) is 21.3. The van der Waals surface area contributed by atoms with E-state index >= 15 is 0 Å². The Balaban J connectivity index is 3.78. The number of hydrogen-bond acceptors (Lipinski definition) is 5. The lowest BCUT2D eigenvalue weighted by Crippen LogP contribution is -2.40. The molecule has 0 heterocycles. The number of esters is 1. The van der Waals surface area contributed by atoms with Gasteiger partial charge in [0.15, 0.2) is 0 Å². The summed E-state index contributed by atoms with van der Waals surface area (Å²) in [6.45, 7) is 7.79. The molecule has 0 fully saturated rings. The summed E-state index contributed by atoms with van der Waals surface area (Å²) in [6.07, 6.45) is 11.7. The number of amides is 1. The zero-order valence-corrected chi connectivity index (χ0v) is 18.6. The SMILES string of the molecule is CCCCCCCCCCCC(=O)OCCC(CCO)NC(=O)OC(C)(C)C. The standard InChI is InChI=1S/C22H43NO5/c1-5-6-7-8-9-10-11-12-13-14-20(25)27-18-16-19(15-17-24)23-21(26)28-22(2,3)4/h19,24H,5-18H2,1-4H3,(H,23,26). The highest BCUT2D eigenvalue weighted by molar-refractivity contribution is 5.69. The van der Waals surface area contributed by atoms with Gasteiger partial charge in [-0.15, -0.1) is 0 Å². The number of carbonyl (C=O) groups excluding carboxylic acids is 2. The molecule has 0 bridgehead atoms. The molecule has 0 aromatic rings. The van der Waals surface area contributed by atoms with Crippen LogP contribution in [0.5, 0.6) is 0 Å². The molecule has 0 rings (SSSR count). The third-order valence-corrected chi connectivity index (χ3v) is 4.41. The molecule has 0 aliphatic rings. The van der Waals surface area contributed by atoms with E-state index in [2.05, 4.69) is 12.2 Å². The van der Waals surface area contributed by atoms with Crippen LogP contribution in [0.25, 0.3) is 0 Å². The van der Waals surface area contributed by atoms with E-state index in [9.17, 15) is 9.59 Å². The molecule has 166 valence electrons. The number of alkyl carbamates (subject to hydrolysis) is 1. The van der Waals surface area contributed by atoms with E-state index in [1.807, 2.05) is 0 Å². The van der Waals surface area contributed by atoms with Gasteiger partial charge in [-0.1, -0.05) is 58.3 Å². The van der Waals surface area contributed by atoms with E-state index < -0.39 is 11.7 Å². The summed E-state index contributed by atoms with van der Waals surface area (Å²) >= 11 is 0. The van der Waals surface area contributed by atoms with Gasteiger partial charge in [-0.3, -0.25) is 4.79 Å². The molecule has 0 aliphatic carbocycles. The fraction of sp³-hybridized carbons (Fsp3) is 0.909. The molecule has 0 spiro atoms. The van der Waals surface area contributed by atoms with E-state index in [1.54, 1.807) is 20.8 Å². The maximum atomic E-state index is 11.8. The van der Waals surface area contributed by atoms with Crippen LogP contribution in [-0.2, 0) is 14.3 Å². The molecule has 1 atom stereocenters. The first-order chi connectivity index (χ1) is 13.3. The Bertz CT molecular complexity index is 406. The van der Waals surface area contributed by atoms with Gasteiger partial charge in [0, 0.05) is 25.5 Å². The van der Waals surface area contributed by atoms with Crippen molar-refractivity contribution in [2.45, 2.75) is 116 Å². The number of aliphatic hydroxyl groups is 1. The van der Waals surface area contributed by atoms with Gasteiger partial charge in [0.25, 0.3) is 0 Å². The number of carbonyl (C=O) groups is 2. The second-order valence-corrected chi connectivity index (χ2v) is 8.44. The molecule has 0 aromatic carbocycles. The number of aliphatic hydroxyl groups excluding tert-OH is 1. The van der Waals surface area contributed by atoms with Crippen LogP contribution >= 0.6 is 0 Å². The molecule has 6 nitrogen and oxygen atoms in total. The van der Waals surface area contributed by atoms with E-state index in [1.165, 1.54) is 44.9 Å². The summed E-state index contributed by atoms with van der Waals surface area (Å²) in [4.78, 5) is 23.6. The Morgan fingerprint density at radius 3 is 2.04 bits per heavy atom. The number of rotatable bonds is 16. The van der Waals surface area contributed by atoms with E-state index in [0.29, 0.717) is 19.3 Å². The summed E-state index contributed by atoms with van der Waals surface area (Å²) in [6, 6.07) is -0.277. The van der Waals surface area contributed by atoms with E-state index in [-0.39, 0.29) is 25.2 Å². The van der Waals surface area contributed by atoms with Crippen molar-refractivity contribution in [1.29, 1.82) is 0 Å². The molecular weight excluding hydrogens is 358 g/mol. The number of ether oxygens (including phenoxy) is 2. The summed E-state index contributed by atoms with van der Waals surface area (Å²) in [7, 11) is 0. The lowest BCUT2D eigenvalue weighted by atomic mass is 10.1. The average Bonchev–Trinajstić information content (AvgIpc) is 2.58. The maximum Gasteiger partial charge on any atom is 0.407 e. The Morgan fingerprint density at radius 2 is 1.50 bits per heavy atom. The molecule has 0 radical (unpaired) electrons. The van der Waals surface area contributed by atoms with Crippen molar-refractivity contribution >= 4 is 12.1 Å². The first-order valence-electron chi connectivity index (χ1n) is 11.0. The van der Waals surface area contributed by atoms with Gasteiger partial charge >= 0.3 is 12.1 Å². The van der Waals surface area contributed by atoms with Gasteiger partial charge in [-0.05, 0) is 33.6 Å². The largest absolute Gasteiger partial charge is 0.466 e. The summed E-state index contributed by atoms with van der Waals surface area (Å²) in [5.74, 6) is -0.192. The van der Waals surface area contributed by atoms with Crippen LogP contribution in [0.3, 0.4) is 0 Å². The van der Waals surface area contributed by atoms with Gasteiger partial charge in [0.05, 0.1) is 6.61 Å². The average molecular weight is 402 g/mol. The summed E-state index contributed by atoms with van der Waals surface area (Å²) in [5.41, 5.74) is -0.574. The zero-order valence-electron chi connectivity index (χ0n) is 18.6. The number of nitrogens with one attached hydrogen (secondary N) is 1. The first-order valence-corrected chi connectivity index (χ1v) is 11.0. The molecule has 28 heavy (non-hydrogen) atoms. The Kier molecular flexibility index (Phi) is 15.9. The van der Waals surface area contributed by atoms with Crippen LogP contribution in [0.1, 0.15) is 105 Å². The van der Waals surface area contributed by atoms with Crippen molar-refractivity contribution in [3.63, 3.8) is 0 Å². The highest BCUT2D eigenvalue weighted by Crippen LogP contribution is 2.11. The fourth-order valence-corrected chi connectivity index (χ4v) is 2.89. The fourth-order valence-electron chi connectivity index (χ4n) is 2.89. The summed E-state index contributed by atoms with van der Waals surface area (Å²) in [5, 5.41) is 11.9. The van der Waals surface area contributed by atoms with Crippen LogP contribution in [-0.4, -0.2) is 42.0 Å². The van der Waals surface area contributed by atoms with Crippen molar-refractivity contribution in [1.82, 2.24) is 5.32 Å². The van der Waals surface area contributed by atoms with Gasteiger partial charge in [-0.25, -0.2) is 4.79 Å². The molecule has 0 saturated heterocycles. The third-order valence-electron chi connectivity index (χ3n) is 4.41. The number of hydrogen-bond donors (Lipinski definition) is 2. The minimum absolute atomic E-state index is 0.0488. The molecule has 1 amide bonds. The molecule has 2 N–H and O–H groups in total. The predicted octanol–water partition coefficient (Wildman–Crippen LogP) is 5.12. The first kappa shape index (κ1) is 26.7.